The first-order valence-electron chi connectivity index (χ1n) is 6.94. The van der Waals surface area contributed by atoms with Gasteiger partial charge in [-0.3, -0.25) is 4.79 Å². The second-order valence-electron chi connectivity index (χ2n) is 4.77. The number of hydrogen-bond donors (Lipinski definition) is 0. The lowest BCUT2D eigenvalue weighted by atomic mass is 10.1. The standard InChI is InChI=1S/C15H20BrNO3/c1-2-8-19-11-15(18)17-7-9-20-14(10-17)12-5-3-4-6-13(12)16/h3-6,14H,2,7-11H2,1H3. The molecular formula is C15H20BrNO3. The molecule has 1 fully saturated rings. The topological polar surface area (TPSA) is 38.8 Å². The molecule has 0 saturated carbocycles. The quantitative estimate of drug-likeness (QED) is 0.773. The predicted octanol–water partition coefficient (Wildman–Crippen LogP) is 2.78. The predicted molar refractivity (Wildman–Crippen MR) is 80.5 cm³/mol. The second-order valence-corrected chi connectivity index (χ2v) is 5.63. The van der Waals surface area contributed by atoms with E-state index < -0.39 is 0 Å². The van der Waals surface area contributed by atoms with Crippen molar-refractivity contribution < 1.29 is 14.3 Å². The van der Waals surface area contributed by atoms with Gasteiger partial charge >= 0.3 is 0 Å². The molecule has 1 aliphatic heterocycles. The summed E-state index contributed by atoms with van der Waals surface area (Å²) in [5, 5.41) is 0. The Bertz CT molecular complexity index is 452. The van der Waals surface area contributed by atoms with Crippen molar-refractivity contribution in [2.75, 3.05) is 32.9 Å². The summed E-state index contributed by atoms with van der Waals surface area (Å²) in [6, 6.07) is 7.96. The van der Waals surface area contributed by atoms with Crippen LogP contribution in [0.3, 0.4) is 0 Å². The summed E-state index contributed by atoms with van der Waals surface area (Å²) in [7, 11) is 0. The number of morpholine rings is 1. The number of carbonyl (C=O) groups excluding carboxylic acids is 1. The molecule has 1 aromatic carbocycles. The molecule has 1 unspecified atom stereocenters. The second kappa shape index (κ2) is 7.76. The molecule has 1 aromatic rings. The number of hydrogen-bond acceptors (Lipinski definition) is 3. The summed E-state index contributed by atoms with van der Waals surface area (Å²) in [6.07, 6.45) is 0.852. The molecule has 1 aliphatic rings. The van der Waals surface area contributed by atoms with Crippen LogP contribution in [-0.4, -0.2) is 43.7 Å². The van der Waals surface area contributed by atoms with Crippen molar-refractivity contribution in [2.45, 2.75) is 19.4 Å². The van der Waals surface area contributed by atoms with Crippen LogP contribution in [0.1, 0.15) is 25.0 Å². The van der Waals surface area contributed by atoms with Gasteiger partial charge in [-0.1, -0.05) is 41.1 Å². The van der Waals surface area contributed by atoms with Gasteiger partial charge in [0.05, 0.1) is 13.2 Å². The molecule has 0 spiro atoms. The Morgan fingerprint density at radius 1 is 1.50 bits per heavy atom. The van der Waals surface area contributed by atoms with Crippen LogP contribution in [0.25, 0.3) is 0 Å². The third kappa shape index (κ3) is 4.04. The summed E-state index contributed by atoms with van der Waals surface area (Å²) in [5.74, 6) is 0.0406. The summed E-state index contributed by atoms with van der Waals surface area (Å²) < 4.78 is 12.1. The molecule has 2 rings (SSSR count). The number of carbonyl (C=O) groups is 1. The van der Waals surface area contributed by atoms with Crippen LogP contribution < -0.4 is 0 Å². The first-order valence-corrected chi connectivity index (χ1v) is 7.73. The van der Waals surface area contributed by atoms with E-state index in [0.29, 0.717) is 26.3 Å². The van der Waals surface area contributed by atoms with Gasteiger partial charge in [0.15, 0.2) is 0 Å². The van der Waals surface area contributed by atoms with Crippen LogP contribution in [0.2, 0.25) is 0 Å². The smallest absolute Gasteiger partial charge is 0.248 e. The maximum Gasteiger partial charge on any atom is 0.248 e. The number of ether oxygens (including phenoxy) is 2. The largest absolute Gasteiger partial charge is 0.372 e. The van der Waals surface area contributed by atoms with Gasteiger partial charge in [-0.15, -0.1) is 0 Å². The monoisotopic (exact) mass is 341 g/mol. The van der Waals surface area contributed by atoms with Crippen molar-refractivity contribution >= 4 is 21.8 Å². The Kier molecular flexibility index (Phi) is 6.01. The summed E-state index contributed by atoms with van der Waals surface area (Å²) in [5.41, 5.74) is 1.08. The SMILES string of the molecule is CCCOCC(=O)N1CCOC(c2ccccc2Br)C1. The van der Waals surface area contributed by atoms with Crippen LogP contribution in [0.5, 0.6) is 0 Å². The molecular weight excluding hydrogens is 322 g/mol. The molecule has 110 valence electrons. The van der Waals surface area contributed by atoms with E-state index in [2.05, 4.69) is 15.9 Å². The van der Waals surface area contributed by atoms with Gasteiger partial charge < -0.3 is 14.4 Å². The number of halogens is 1. The van der Waals surface area contributed by atoms with Gasteiger partial charge in [0.25, 0.3) is 0 Å². The summed E-state index contributed by atoms with van der Waals surface area (Å²) in [4.78, 5) is 13.9. The van der Waals surface area contributed by atoms with E-state index in [1.165, 1.54) is 0 Å². The van der Waals surface area contributed by atoms with Gasteiger partial charge in [-0.05, 0) is 18.1 Å². The highest BCUT2D eigenvalue weighted by Crippen LogP contribution is 2.28. The van der Waals surface area contributed by atoms with Gasteiger partial charge in [-0.25, -0.2) is 0 Å². The van der Waals surface area contributed by atoms with Crippen molar-refractivity contribution in [3.63, 3.8) is 0 Å². The Labute approximate surface area is 128 Å². The van der Waals surface area contributed by atoms with Crippen LogP contribution in [-0.2, 0) is 14.3 Å². The van der Waals surface area contributed by atoms with Crippen molar-refractivity contribution in [1.29, 1.82) is 0 Å². The molecule has 4 nitrogen and oxygen atoms in total. The van der Waals surface area contributed by atoms with E-state index in [9.17, 15) is 4.79 Å². The van der Waals surface area contributed by atoms with Crippen LogP contribution in [0.15, 0.2) is 28.7 Å². The maximum absolute atomic E-state index is 12.1. The Balaban J connectivity index is 1.95. The molecule has 1 heterocycles. The normalized spacial score (nSPS) is 19.1. The van der Waals surface area contributed by atoms with E-state index in [1.807, 2.05) is 36.1 Å². The number of nitrogens with zero attached hydrogens (tertiary/aromatic N) is 1. The van der Waals surface area contributed by atoms with Gasteiger partial charge in [0.2, 0.25) is 5.91 Å². The first kappa shape index (κ1) is 15.5. The fraction of sp³-hybridized carbons (Fsp3) is 0.533. The molecule has 1 atom stereocenters. The lowest BCUT2D eigenvalue weighted by Gasteiger charge is -2.33. The fourth-order valence-electron chi connectivity index (χ4n) is 2.20. The highest BCUT2D eigenvalue weighted by molar-refractivity contribution is 9.10. The molecule has 5 heteroatoms. The zero-order valence-electron chi connectivity index (χ0n) is 11.7. The lowest BCUT2D eigenvalue weighted by Crippen LogP contribution is -2.44. The van der Waals surface area contributed by atoms with Gasteiger partial charge in [-0.2, -0.15) is 0 Å². The minimum absolute atomic E-state index is 0.0406. The highest BCUT2D eigenvalue weighted by atomic mass is 79.9. The minimum Gasteiger partial charge on any atom is -0.372 e. The average molecular weight is 342 g/mol. The summed E-state index contributed by atoms with van der Waals surface area (Å²) >= 11 is 3.53. The third-order valence-electron chi connectivity index (χ3n) is 3.25. The fourth-order valence-corrected chi connectivity index (χ4v) is 2.74. The van der Waals surface area contributed by atoms with Crippen molar-refractivity contribution in [2.24, 2.45) is 0 Å². The molecule has 0 aliphatic carbocycles. The first-order chi connectivity index (χ1) is 9.72. The van der Waals surface area contributed by atoms with Crippen LogP contribution in [0, 0.1) is 0 Å². The zero-order chi connectivity index (χ0) is 14.4. The van der Waals surface area contributed by atoms with Crippen molar-refractivity contribution in [3.8, 4) is 0 Å². The van der Waals surface area contributed by atoms with E-state index in [0.717, 1.165) is 16.5 Å². The molecule has 1 amide bonds. The van der Waals surface area contributed by atoms with E-state index in [4.69, 9.17) is 9.47 Å². The number of amides is 1. The van der Waals surface area contributed by atoms with Crippen LogP contribution in [0.4, 0.5) is 0 Å². The van der Waals surface area contributed by atoms with Gasteiger partial charge in [0, 0.05) is 17.6 Å². The molecule has 20 heavy (non-hydrogen) atoms. The number of benzene rings is 1. The summed E-state index contributed by atoms with van der Waals surface area (Å²) in [6.45, 7) is 4.60. The maximum atomic E-state index is 12.1. The van der Waals surface area contributed by atoms with Crippen molar-refractivity contribution in [1.82, 2.24) is 4.90 Å². The van der Waals surface area contributed by atoms with E-state index >= 15 is 0 Å². The molecule has 0 radical (unpaired) electrons. The third-order valence-corrected chi connectivity index (χ3v) is 3.97. The minimum atomic E-state index is -0.0746. The average Bonchev–Trinajstić information content (AvgIpc) is 2.48. The molecule has 0 N–H and O–H groups in total. The van der Waals surface area contributed by atoms with E-state index in [1.54, 1.807) is 0 Å². The Morgan fingerprint density at radius 3 is 3.05 bits per heavy atom. The Morgan fingerprint density at radius 2 is 2.30 bits per heavy atom. The van der Waals surface area contributed by atoms with Crippen molar-refractivity contribution in [3.05, 3.63) is 34.3 Å². The lowest BCUT2D eigenvalue weighted by molar-refractivity contribution is -0.143. The molecule has 1 saturated heterocycles. The molecule has 0 bridgehead atoms. The highest BCUT2D eigenvalue weighted by Gasteiger charge is 2.26. The van der Waals surface area contributed by atoms with Crippen LogP contribution >= 0.6 is 15.9 Å². The van der Waals surface area contributed by atoms with E-state index in [-0.39, 0.29) is 18.6 Å². The van der Waals surface area contributed by atoms with Gasteiger partial charge in [0.1, 0.15) is 12.7 Å². The Hall–Kier alpha value is -0.910. The molecule has 0 aromatic heterocycles. The number of rotatable bonds is 5. The zero-order valence-corrected chi connectivity index (χ0v) is 13.3.